The Kier molecular flexibility index (Phi) is 6.01. The molecule has 1 fully saturated rings. The predicted molar refractivity (Wildman–Crippen MR) is 168 cm³/mol. The van der Waals surface area contributed by atoms with Gasteiger partial charge in [0.15, 0.2) is 0 Å². The van der Waals surface area contributed by atoms with Gasteiger partial charge in [-0.05, 0) is 84.4 Å². The normalized spacial score (nSPS) is 16.9. The highest BCUT2D eigenvalue weighted by atomic mass is 32.2. The zero-order valence-corrected chi connectivity index (χ0v) is 24.0. The van der Waals surface area contributed by atoms with E-state index in [1.54, 1.807) is 11.8 Å². The fraction of sp³-hybridized carbons (Fsp3) is 0.171. The van der Waals surface area contributed by atoms with Crippen LogP contribution >= 0.6 is 11.8 Å². The Labute approximate surface area is 240 Å². The van der Waals surface area contributed by atoms with Crippen LogP contribution in [0.2, 0.25) is 0 Å². The quantitative estimate of drug-likeness (QED) is 0.211. The summed E-state index contributed by atoms with van der Waals surface area (Å²) in [6, 6.07) is 36.7. The van der Waals surface area contributed by atoms with Crippen LogP contribution in [0.3, 0.4) is 0 Å². The van der Waals surface area contributed by atoms with Gasteiger partial charge in [-0.25, -0.2) is 0 Å². The molecule has 2 heterocycles. The third-order valence-corrected chi connectivity index (χ3v) is 9.59. The lowest BCUT2D eigenvalue weighted by molar-refractivity contribution is 0.00578. The van der Waals surface area contributed by atoms with Crippen LogP contribution in [0, 0.1) is 0 Å². The first-order valence-electron chi connectivity index (χ1n) is 13.7. The Morgan fingerprint density at radius 1 is 0.600 bits per heavy atom. The molecule has 3 nitrogen and oxygen atoms in total. The van der Waals surface area contributed by atoms with Crippen molar-refractivity contribution in [2.75, 3.05) is 0 Å². The van der Waals surface area contributed by atoms with Crippen LogP contribution in [-0.2, 0) is 9.31 Å². The van der Waals surface area contributed by atoms with Gasteiger partial charge in [-0.2, -0.15) is 0 Å². The number of aliphatic imine (C=N–C) groups is 1. The summed E-state index contributed by atoms with van der Waals surface area (Å²) in [5.41, 5.74) is 7.28. The Bertz CT molecular complexity index is 1780. The number of hydrogen-bond donors (Lipinski definition) is 0. The van der Waals surface area contributed by atoms with Crippen molar-refractivity contribution in [3.63, 3.8) is 0 Å². The van der Waals surface area contributed by atoms with Gasteiger partial charge in [0.25, 0.3) is 0 Å². The van der Waals surface area contributed by atoms with Crippen molar-refractivity contribution >= 4 is 47.0 Å². The van der Waals surface area contributed by atoms with Gasteiger partial charge in [0.1, 0.15) is 0 Å². The first kappa shape index (κ1) is 25.3. The topological polar surface area (TPSA) is 30.8 Å². The van der Waals surface area contributed by atoms with Gasteiger partial charge >= 0.3 is 7.12 Å². The monoisotopic (exact) mass is 539 g/mol. The van der Waals surface area contributed by atoms with E-state index in [9.17, 15) is 0 Å². The molecule has 0 atom stereocenters. The average Bonchev–Trinajstić information content (AvgIpc) is 3.08. The van der Waals surface area contributed by atoms with Crippen LogP contribution in [0.15, 0.2) is 118 Å². The number of hydrogen-bond acceptors (Lipinski definition) is 4. The first-order chi connectivity index (χ1) is 19.3. The summed E-state index contributed by atoms with van der Waals surface area (Å²) in [6.07, 6.45) is 2.03. The standard InChI is InChI=1S/C35H30BNO2S/c1-34(2)35(3,4)39-36(38-34)24-18-16-23(17-19-24)25-20-21-29(27-11-6-5-10-26(25)27)28-12-9-15-32-30(28)22-37-31-13-7-8-14-33(31)40-32/h5-22H,1-4H3. The van der Waals surface area contributed by atoms with E-state index in [4.69, 9.17) is 14.3 Å². The molecule has 7 rings (SSSR count). The highest BCUT2D eigenvalue weighted by Gasteiger charge is 2.51. The Balaban J connectivity index is 1.28. The third-order valence-electron chi connectivity index (χ3n) is 8.45. The van der Waals surface area contributed by atoms with Gasteiger partial charge in [-0.15, -0.1) is 0 Å². The summed E-state index contributed by atoms with van der Waals surface area (Å²) in [4.78, 5) is 7.25. The lowest BCUT2D eigenvalue weighted by Crippen LogP contribution is -2.41. The van der Waals surface area contributed by atoms with E-state index in [-0.39, 0.29) is 18.3 Å². The second-order valence-electron chi connectivity index (χ2n) is 11.5. The maximum absolute atomic E-state index is 6.27. The molecule has 0 bridgehead atoms. The Morgan fingerprint density at radius 3 is 1.98 bits per heavy atom. The van der Waals surface area contributed by atoms with Crippen LogP contribution in [0.5, 0.6) is 0 Å². The number of nitrogens with zero attached hydrogens (tertiary/aromatic N) is 1. The summed E-state index contributed by atoms with van der Waals surface area (Å²) in [5, 5.41) is 2.45. The van der Waals surface area contributed by atoms with Crippen LogP contribution in [0.1, 0.15) is 33.3 Å². The molecule has 1 saturated heterocycles. The lowest BCUT2D eigenvalue weighted by atomic mass is 9.78. The molecule has 2 aliphatic rings. The van der Waals surface area contributed by atoms with E-state index in [1.165, 1.54) is 42.8 Å². The number of para-hydroxylation sites is 1. The molecule has 0 aromatic heterocycles. The van der Waals surface area contributed by atoms with Crippen molar-refractivity contribution in [3.8, 4) is 22.3 Å². The summed E-state index contributed by atoms with van der Waals surface area (Å²) in [5.74, 6) is 0. The summed E-state index contributed by atoms with van der Waals surface area (Å²) >= 11 is 1.78. The van der Waals surface area contributed by atoms with Gasteiger partial charge in [-0.3, -0.25) is 4.99 Å². The minimum Gasteiger partial charge on any atom is -0.399 e. The predicted octanol–water partition coefficient (Wildman–Crippen LogP) is 8.69. The van der Waals surface area contributed by atoms with Gasteiger partial charge < -0.3 is 9.31 Å². The van der Waals surface area contributed by atoms with E-state index in [0.29, 0.717) is 0 Å². The van der Waals surface area contributed by atoms with Gasteiger partial charge in [-0.1, -0.05) is 96.7 Å². The Hall–Kier alpha value is -3.64. The molecule has 40 heavy (non-hydrogen) atoms. The summed E-state index contributed by atoms with van der Waals surface area (Å²) < 4.78 is 12.5. The smallest absolute Gasteiger partial charge is 0.399 e. The molecule has 0 saturated carbocycles. The van der Waals surface area contributed by atoms with Crippen molar-refractivity contribution in [1.82, 2.24) is 0 Å². The zero-order valence-electron chi connectivity index (χ0n) is 23.1. The molecule has 0 aliphatic carbocycles. The van der Waals surface area contributed by atoms with Gasteiger partial charge in [0.05, 0.1) is 16.9 Å². The second-order valence-corrected chi connectivity index (χ2v) is 12.5. The van der Waals surface area contributed by atoms with Gasteiger partial charge in [0.2, 0.25) is 0 Å². The van der Waals surface area contributed by atoms with Crippen LogP contribution in [-0.4, -0.2) is 24.5 Å². The highest BCUT2D eigenvalue weighted by Crippen LogP contribution is 2.43. The fourth-order valence-corrected chi connectivity index (χ4v) is 6.52. The van der Waals surface area contributed by atoms with E-state index in [0.717, 1.165) is 16.7 Å². The molecule has 5 aromatic carbocycles. The molecule has 5 aromatic rings. The van der Waals surface area contributed by atoms with Crippen LogP contribution in [0.4, 0.5) is 5.69 Å². The zero-order chi connectivity index (χ0) is 27.5. The number of rotatable bonds is 3. The summed E-state index contributed by atoms with van der Waals surface area (Å²) in [6.45, 7) is 8.35. The molecule has 0 amide bonds. The number of fused-ring (bicyclic) bond motifs is 3. The Morgan fingerprint density at radius 2 is 1.23 bits per heavy atom. The van der Waals surface area contributed by atoms with Crippen molar-refractivity contribution in [1.29, 1.82) is 0 Å². The van der Waals surface area contributed by atoms with E-state index < -0.39 is 0 Å². The van der Waals surface area contributed by atoms with E-state index in [1.807, 2.05) is 12.3 Å². The minimum absolute atomic E-state index is 0.357. The van der Waals surface area contributed by atoms with Crippen LogP contribution < -0.4 is 5.46 Å². The molecule has 2 aliphatic heterocycles. The van der Waals surface area contributed by atoms with Crippen molar-refractivity contribution in [2.45, 2.75) is 48.7 Å². The molecular formula is C35H30BNO2S. The fourth-order valence-electron chi connectivity index (χ4n) is 5.49. The van der Waals surface area contributed by atoms with Crippen LogP contribution in [0.25, 0.3) is 33.0 Å². The van der Waals surface area contributed by atoms with Crippen molar-refractivity contribution < 1.29 is 9.31 Å². The molecule has 0 radical (unpaired) electrons. The first-order valence-corrected chi connectivity index (χ1v) is 14.5. The molecule has 0 spiro atoms. The molecular weight excluding hydrogens is 509 g/mol. The molecule has 5 heteroatoms. The molecule has 196 valence electrons. The number of benzene rings is 5. The second kappa shape index (κ2) is 9.48. The highest BCUT2D eigenvalue weighted by molar-refractivity contribution is 7.99. The minimum atomic E-state index is -0.364. The molecule has 0 N–H and O–H groups in total. The largest absolute Gasteiger partial charge is 0.494 e. The molecule has 0 unspecified atom stereocenters. The van der Waals surface area contributed by atoms with Gasteiger partial charge in [0, 0.05) is 21.6 Å². The van der Waals surface area contributed by atoms with E-state index >= 15 is 0 Å². The lowest BCUT2D eigenvalue weighted by Gasteiger charge is -2.32. The van der Waals surface area contributed by atoms with E-state index in [2.05, 4.69) is 125 Å². The average molecular weight is 540 g/mol. The third kappa shape index (κ3) is 4.21. The maximum atomic E-state index is 6.27. The SMILES string of the molecule is CC1(C)OB(c2ccc(-c3ccc(-c4cccc5c4C=Nc4ccccc4S5)c4ccccc34)cc2)OC1(C)C. The van der Waals surface area contributed by atoms with Crippen molar-refractivity contribution in [3.05, 3.63) is 109 Å². The maximum Gasteiger partial charge on any atom is 0.494 e. The van der Waals surface area contributed by atoms with Crippen molar-refractivity contribution in [2.24, 2.45) is 4.99 Å². The summed E-state index contributed by atoms with van der Waals surface area (Å²) in [7, 11) is -0.364.